The minimum atomic E-state index is 0.401. The van der Waals surface area contributed by atoms with Gasteiger partial charge in [-0.2, -0.15) is 0 Å². The van der Waals surface area contributed by atoms with E-state index in [0.717, 1.165) is 10.2 Å². The summed E-state index contributed by atoms with van der Waals surface area (Å²) in [4.78, 5) is 9.32. The van der Waals surface area contributed by atoms with E-state index in [4.69, 9.17) is 10.5 Å². The Balaban J connectivity index is 2.56. The zero-order valence-electron chi connectivity index (χ0n) is 7.15. The Kier molecular flexibility index (Phi) is 2.12. The molecule has 2 heterocycles. The Hall–Kier alpha value is -1.20. The molecule has 2 aromatic heterocycles. The summed E-state index contributed by atoms with van der Waals surface area (Å²) in [5.74, 6) is 1.16. The first-order valence-corrected chi connectivity index (χ1v) is 4.68. The molecule has 2 aromatic rings. The third-order valence-corrected chi connectivity index (χ3v) is 2.48. The average Bonchev–Trinajstić information content (AvgIpc) is 2.53. The second kappa shape index (κ2) is 3.27. The van der Waals surface area contributed by atoms with Crippen LogP contribution < -0.4 is 5.73 Å². The van der Waals surface area contributed by atoms with Gasteiger partial charge in [-0.3, -0.25) is 0 Å². The van der Waals surface area contributed by atoms with Gasteiger partial charge in [-0.05, 0) is 11.4 Å². The van der Waals surface area contributed by atoms with Gasteiger partial charge in [0, 0.05) is 7.11 Å². The number of ether oxygens (including phenoxy) is 1. The van der Waals surface area contributed by atoms with Gasteiger partial charge in [0.15, 0.2) is 5.82 Å². The van der Waals surface area contributed by atoms with Crippen LogP contribution in [-0.4, -0.2) is 17.1 Å². The van der Waals surface area contributed by atoms with Crippen molar-refractivity contribution in [1.82, 2.24) is 9.97 Å². The van der Waals surface area contributed by atoms with E-state index in [2.05, 4.69) is 9.97 Å². The maximum Gasteiger partial charge on any atom is 0.158 e. The van der Waals surface area contributed by atoms with E-state index in [9.17, 15) is 0 Å². The van der Waals surface area contributed by atoms with Crippen molar-refractivity contribution in [3.63, 3.8) is 0 Å². The van der Waals surface area contributed by atoms with E-state index in [0.29, 0.717) is 18.2 Å². The minimum Gasteiger partial charge on any atom is -0.383 e. The Labute approximate surface area is 79.4 Å². The highest BCUT2D eigenvalue weighted by Crippen LogP contribution is 2.22. The average molecular weight is 195 g/mol. The second-order valence-electron chi connectivity index (χ2n) is 2.60. The molecule has 0 saturated carbocycles. The van der Waals surface area contributed by atoms with Crippen LogP contribution in [0.3, 0.4) is 0 Å². The molecule has 0 unspecified atom stereocenters. The van der Waals surface area contributed by atoms with Crippen LogP contribution in [0.2, 0.25) is 0 Å². The molecule has 2 N–H and O–H groups in total. The van der Waals surface area contributed by atoms with Crippen LogP contribution >= 0.6 is 11.3 Å². The molecule has 0 spiro atoms. The van der Waals surface area contributed by atoms with Gasteiger partial charge in [0.25, 0.3) is 0 Å². The minimum absolute atomic E-state index is 0.401. The Morgan fingerprint density at radius 1 is 1.54 bits per heavy atom. The van der Waals surface area contributed by atoms with E-state index in [-0.39, 0.29) is 0 Å². The molecule has 4 nitrogen and oxygen atoms in total. The first-order valence-electron chi connectivity index (χ1n) is 3.80. The van der Waals surface area contributed by atoms with Crippen molar-refractivity contribution in [2.45, 2.75) is 6.61 Å². The van der Waals surface area contributed by atoms with E-state index in [1.807, 2.05) is 11.4 Å². The van der Waals surface area contributed by atoms with Crippen LogP contribution in [0.1, 0.15) is 5.82 Å². The maximum atomic E-state index is 5.73. The lowest BCUT2D eigenvalue weighted by molar-refractivity contribution is 0.178. The van der Waals surface area contributed by atoms with Crippen molar-refractivity contribution >= 4 is 27.4 Å². The van der Waals surface area contributed by atoms with Gasteiger partial charge < -0.3 is 10.5 Å². The lowest BCUT2D eigenvalue weighted by atomic mass is 10.4. The number of nitrogens with two attached hydrogens (primary N) is 1. The van der Waals surface area contributed by atoms with Crippen molar-refractivity contribution in [1.29, 1.82) is 0 Å². The summed E-state index contributed by atoms with van der Waals surface area (Å²) in [6.45, 7) is 0.401. The zero-order chi connectivity index (χ0) is 9.26. The van der Waals surface area contributed by atoms with E-state index >= 15 is 0 Å². The number of fused-ring (bicyclic) bond motifs is 1. The van der Waals surface area contributed by atoms with Gasteiger partial charge in [-0.15, -0.1) is 11.3 Å². The standard InChI is InChI=1S/C8H9N3OS/c1-12-4-6-10-7(9)5-2-3-13-8(5)11-6/h2-3H,4H2,1H3,(H2,9,10,11). The van der Waals surface area contributed by atoms with Gasteiger partial charge in [-0.1, -0.05) is 0 Å². The lowest BCUT2D eigenvalue weighted by Crippen LogP contribution is -2.00. The normalized spacial score (nSPS) is 10.8. The van der Waals surface area contributed by atoms with Crippen LogP contribution in [0.25, 0.3) is 10.2 Å². The number of nitrogens with zero attached hydrogens (tertiary/aromatic N) is 2. The molecule has 2 rings (SSSR count). The number of aromatic nitrogens is 2. The van der Waals surface area contributed by atoms with Crippen molar-refractivity contribution in [2.75, 3.05) is 12.8 Å². The first kappa shape index (κ1) is 8.40. The molecular formula is C8H9N3OS. The fourth-order valence-corrected chi connectivity index (χ4v) is 1.91. The molecule has 0 aliphatic rings. The monoisotopic (exact) mass is 195 g/mol. The van der Waals surface area contributed by atoms with Crippen molar-refractivity contribution in [3.8, 4) is 0 Å². The van der Waals surface area contributed by atoms with Crippen LogP contribution in [0.15, 0.2) is 11.4 Å². The quantitative estimate of drug-likeness (QED) is 0.787. The zero-order valence-corrected chi connectivity index (χ0v) is 7.97. The SMILES string of the molecule is COCc1nc(N)c2ccsc2n1. The van der Waals surface area contributed by atoms with Gasteiger partial charge >= 0.3 is 0 Å². The molecule has 13 heavy (non-hydrogen) atoms. The molecule has 0 atom stereocenters. The topological polar surface area (TPSA) is 61.0 Å². The van der Waals surface area contributed by atoms with Crippen LogP contribution in [0.4, 0.5) is 5.82 Å². The summed E-state index contributed by atoms with van der Waals surface area (Å²) in [7, 11) is 1.61. The van der Waals surface area contributed by atoms with Gasteiger partial charge in [0.05, 0.1) is 5.39 Å². The maximum absolute atomic E-state index is 5.73. The van der Waals surface area contributed by atoms with E-state index in [1.165, 1.54) is 0 Å². The van der Waals surface area contributed by atoms with Crippen molar-refractivity contribution in [2.24, 2.45) is 0 Å². The predicted octanol–water partition coefficient (Wildman–Crippen LogP) is 1.42. The Bertz CT molecular complexity index is 426. The molecule has 0 aromatic carbocycles. The fraction of sp³-hybridized carbons (Fsp3) is 0.250. The third kappa shape index (κ3) is 1.48. The molecule has 0 fully saturated rings. The van der Waals surface area contributed by atoms with Gasteiger partial charge in [-0.25, -0.2) is 9.97 Å². The highest BCUT2D eigenvalue weighted by Gasteiger charge is 2.05. The van der Waals surface area contributed by atoms with Crippen molar-refractivity contribution in [3.05, 3.63) is 17.3 Å². The van der Waals surface area contributed by atoms with Crippen LogP contribution in [-0.2, 0) is 11.3 Å². The molecule has 0 aliphatic carbocycles. The smallest absolute Gasteiger partial charge is 0.158 e. The Morgan fingerprint density at radius 3 is 3.15 bits per heavy atom. The Morgan fingerprint density at radius 2 is 2.38 bits per heavy atom. The first-order chi connectivity index (χ1) is 6.31. The van der Waals surface area contributed by atoms with E-state index in [1.54, 1.807) is 18.4 Å². The summed E-state index contributed by atoms with van der Waals surface area (Å²) in [6, 6.07) is 1.92. The number of methoxy groups -OCH3 is 1. The molecule has 0 amide bonds. The summed E-state index contributed by atoms with van der Waals surface area (Å²) in [5, 5.41) is 2.87. The van der Waals surface area contributed by atoms with Gasteiger partial charge in [0.2, 0.25) is 0 Å². The largest absolute Gasteiger partial charge is 0.383 e. The molecule has 0 saturated heterocycles. The molecule has 0 bridgehead atoms. The fourth-order valence-electron chi connectivity index (χ4n) is 1.12. The molecule has 5 heteroatoms. The number of thiophene rings is 1. The van der Waals surface area contributed by atoms with Crippen LogP contribution in [0, 0.1) is 0 Å². The highest BCUT2D eigenvalue weighted by atomic mass is 32.1. The van der Waals surface area contributed by atoms with Gasteiger partial charge in [0.1, 0.15) is 17.3 Å². The number of anilines is 1. The number of hydrogen-bond acceptors (Lipinski definition) is 5. The number of rotatable bonds is 2. The second-order valence-corrected chi connectivity index (χ2v) is 3.49. The van der Waals surface area contributed by atoms with E-state index < -0.39 is 0 Å². The molecule has 68 valence electrons. The number of nitrogen functional groups attached to an aromatic ring is 1. The predicted molar refractivity (Wildman–Crippen MR) is 52.5 cm³/mol. The summed E-state index contributed by atoms with van der Waals surface area (Å²) in [6.07, 6.45) is 0. The summed E-state index contributed by atoms with van der Waals surface area (Å²) in [5.41, 5.74) is 5.73. The molecule has 0 aliphatic heterocycles. The number of hydrogen-bond donors (Lipinski definition) is 1. The molecule has 0 radical (unpaired) electrons. The summed E-state index contributed by atoms with van der Waals surface area (Å²) < 4.78 is 4.93. The van der Waals surface area contributed by atoms with Crippen molar-refractivity contribution < 1.29 is 4.74 Å². The van der Waals surface area contributed by atoms with Crippen LogP contribution in [0.5, 0.6) is 0 Å². The lowest BCUT2D eigenvalue weighted by Gasteiger charge is -2.00. The molecular weight excluding hydrogens is 186 g/mol. The summed E-state index contributed by atoms with van der Waals surface area (Å²) >= 11 is 1.55. The third-order valence-electron chi connectivity index (χ3n) is 1.67. The highest BCUT2D eigenvalue weighted by molar-refractivity contribution is 7.16.